The third-order valence-corrected chi connectivity index (χ3v) is 4.52. The van der Waals surface area contributed by atoms with Crippen LogP contribution in [0.5, 0.6) is 5.75 Å². The van der Waals surface area contributed by atoms with E-state index in [4.69, 9.17) is 4.74 Å². The van der Waals surface area contributed by atoms with Crippen LogP contribution in [-0.2, 0) is 0 Å². The van der Waals surface area contributed by atoms with E-state index in [-0.39, 0.29) is 5.91 Å². The van der Waals surface area contributed by atoms with Crippen molar-refractivity contribution in [1.82, 2.24) is 15.2 Å². The van der Waals surface area contributed by atoms with E-state index in [1.807, 2.05) is 84.9 Å². The Morgan fingerprint density at radius 1 is 0.967 bits per heavy atom. The van der Waals surface area contributed by atoms with Gasteiger partial charge in [-0.3, -0.25) is 4.79 Å². The molecule has 0 spiro atoms. The fraction of sp³-hybridized carbons (Fsp3) is 0.0417. The van der Waals surface area contributed by atoms with Crippen molar-refractivity contribution < 1.29 is 9.53 Å². The lowest BCUT2D eigenvalue weighted by atomic mass is 10.1. The number of amides is 1. The van der Waals surface area contributed by atoms with Crippen LogP contribution in [0, 0.1) is 0 Å². The summed E-state index contributed by atoms with van der Waals surface area (Å²) in [6.07, 6.45) is 3.30. The van der Waals surface area contributed by atoms with Crippen LogP contribution in [0.15, 0.2) is 96.2 Å². The summed E-state index contributed by atoms with van der Waals surface area (Å²) in [5.41, 5.74) is 6.21. The quantitative estimate of drug-likeness (QED) is 0.390. The van der Waals surface area contributed by atoms with Gasteiger partial charge < -0.3 is 4.74 Å². The van der Waals surface area contributed by atoms with Crippen LogP contribution in [0.2, 0.25) is 0 Å². The van der Waals surface area contributed by atoms with Gasteiger partial charge in [0.2, 0.25) is 0 Å². The van der Waals surface area contributed by atoms with Gasteiger partial charge in [0.15, 0.2) is 0 Å². The first-order valence-corrected chi connectivity index (χ1v) is 9.42. The van der Waals surface area contributed by atoms with Gasteiger partial charge >= 0.3 is 0 Å². The maximum Gasteiger partial charge on any atom is 0.275 e. The maximum absolute atomic E-state index is 12.9. The van der Waals surface area contributed by atoms with Gasteiger partial charge in [-0.2, -0.15) is 10.2 Å². The monoisotopic (exact) mass is 396 g/mol. The molecule has 0 atom stereocenters. The van der Waals surface area contributed by atoms with E-state index >= 15 is 0 Å². The Balaban J connectivity index is 1.60. The Kier molecular flexibility index (Phi) is 5.66. The zero-order chi connectivity index (χ0) is 20.8. The molecule has 4 aromatic rings. The average molecular weight is 396 g/mol. The van der Waals surface area contributed by atoms with Gasteiger partial charge in [0.1, 0.15) is 11.4 Å². The van der Waals surface area contributed by atoms with Crippen LogP contribution in [0.3, 0.4) is 0 Å². The van der Waals surface area contributed by atoms with Crippen molar-refractivity contribution >= 4 is 12.1 Å². The van der Waals surface area contributed by atoms with Crippen LogP contribution in [0.4, 0.5) is 0 Å². The molecule has 6 heteroatoms. The predicted octanol–water partition coefficient (Wildman–Crippen LogP) is 4.31. The summed E-state index contributed by atoms with van der Waals surface area (Å²) in [5, 5.41) is 8.73. The summed E-state index contributed by atoms with van der Waals surface area (Å²) in [6, 6.07) is 26.7. The number of para-hydroxylation sites is 1. The molecule has 0 aliphatic heterocycles. The second kappa shape index (κ2) is 8.87. The highest BCUT2D eigenvalue weighted by Crippen LogP contribution is 2.23. The van der Waals surface area contributed by atoms with Crippen LogP contribution < -0.4 is 10.2 Å². The third kappa shape index (κ3) is 4.28. The van der Waals surface area contributed by atoms with E-state index in [0.29, 0.717) is 11.3 Å². The Morgan fingerprint density at radius 2 is 1.63 bits per heavy atom. The molecule has 0 saturated carbocycles. The van der Waals surface area contributed by atoms with E-state index in [0.717, 1.165) is 22.6 Å². The Labute approximate surface area is 174 Å². The zero-order valence-corrected chi connectivity index (χ0v) is 16.4. The lowest BCUT2D eigenvalue weighted by molar-refractivity contribution is 0.0955. The molecule has 30 heavy (non-hydrogen) atoms. The van der Waals surface area contributed by atoms with Crippen molar-refractivity contribution in [1.29, 1.82) is 0 Å². The Hall–Kier alpha value is -4.19. The molecule has 148 valence electrons. The summed E-state index contributed by atoms with van der Waals surface area (Å²) in [7, 11) is 1.61. The molecule has 3 aromatic carbocycles. The molecule has 0 aliphatic rings. The molecule has 0 saturated heterocycles. The number of nitrogens with one attached hydrogen (secondary N) is 1. The minimum atomic E-state index is -0.333. The van der Waals surface area contributed by atoms with Crippen molar-refractivity contribution in [2.24, 2.45) is 5.10 Å². The van der Waals surface area contributed by atoms with Crippen molar-refractivity contribution in [3.63, 3.8) is 0 Å². The number of hydrazone groups is 1. The van der Waals surface area contributed by atoms with Gasteiger partial charge in [0, 0.05) is 11.8 Å². The van der Waals surface area contributed by atoms with Crippen molar-refractivity contribution in [3.8, 4) is 22.7 Å². The van der Waals surface area contributed by atoms with Gasteiger partial charge in [0.25, 0.3) is 5.91 Å². The fourth-order valence-electron chi connectivity index (χ4n) is 2.98. The summed E-state index contributed by atoms with van der Waals surface area (Å²) >= 11 is 0. The third-order valence-electron chi connectivity index (χ3n) is 4.52. The van der Waals surface area contributed by atoms with Crippen LogP contribution >= 0.6 is 0 Å². The lowest BCUT2D eigenvalue weighted by Crippen LogP contribution is -2.17. The summed E-state index contributed by atoms with van der Waals surface area (Å²) < 4.78 is 6.84. The molecular formula is C24H20N4O2. The van der Waals surface area contributed by atoms with Crippen molar-refractivity contribution in [2.45, 2.75) is 0 Å². The zero-order valence-electron chi connectivity index (χ0n) is 16.4. The fourth-order valence-corrected chi connectivity index (χ4v) is 2.98. The van der Waals surface area contributed by atoms with E-state index in [1.54, 1.807) is 24.2 Å². The molecule has 6 nitrogen and oxygen atoms in total. The molecule has 0 unspecified atom stereocenters. The molecule has 0 aliphatic carbocycles. The number of methoxy groups -OCH3 is 1. The second-order valence-electron chi connectivity index (χ2n) is 6.51. The van der Waals surface area contributed by atoms with Gasteiger partial charge in [-0.15, -0.1) is 0 Å². The maximum atomic E-state index is 12.9. The highest BCUT2D eigenvalue weighted by Gasteiger charge is 2.18. The first-order valence-electron chi connectivity index (χ1n) is 9.42. The largest absolute Gasteiger partial charge is 0.497 e. The molecule has 1 aromatic heterocycles. The first kappa shape index (κ1) is 19.1. The van der Waals surface area contributed by atoms with Gasteiger partial charge in [-0.25, -0.2) is 10.1 Å². The van der Waals surface area contributed by atoms with Gasteiger partial charge in [-0.05, 0) is 42.0 Å². The summed E-state index contributed by atoms with van der Waals surface area (Å²) in [5.74, 6) is 0.429. The van der Waals surface area contributed by atoms with Crippen molar-refractivity contribution in [2.75, 3.05) is 7.11 Å². The highest BCUT2D eigenvalue weighted by molar-refractivity contribution is 6.00. The summed E-state index contributed by atoms with van der Waals surface area (Å²) in [6.45, 7) is 0. The molecule has 0 radical (unpaired) electrons. The molecule has 1 N–H and O–H groups in total. The normalized spacial score (nSPS) is 10.8. The molecule has 0 bridgehead atoms. The number of hydrogen-bond acceptors (Lipinski definition) is 4. The standard InChI is InChI=1S/C24H20N4O2/c1-30-21-14-12-18(13-15-21)16-25-26-24(29)22-17-28(20-10-6-3-7-11-20)27-23(22)19-8-4-2-5-9-19/h2-17H,1H3,(H,26,29)/b25-16+. The van der Waals surface area contributed by atoms with Crippen LogP contribution in [0.1, 0.15) is 15.9 Å². The molecule has 1 amide bonds. The number of benzene rings is 3. The van der Waals surface area contributed by atoms with Gasteiger partial charge in [-0.1, -0.05) is 48.5 Å². The first-order chi connectivity index (χ1) is 14.7. The number of nitrogens with zero attached hydrogens (tertiary/aromatic N) is 3. The number of aromatic nitrogens is 2. The number of rotatable bonds is 6. The topological polar surface area (TPSA) is 68.5 Å². The van der Waals surface area contributed by atoms with E-state index in [2.05, 4.69) is 15.6 Å². The van der Waals surface area contributed by atoms with Gasteiger partial charge in [0.05, 0.1) is 24.6 Å². The molecule has 4 rings (SSSR count). The van der Waals surface area contributed by atoms with E-state index < -0.39 is 0 Å². The average Bonchev–Trinajstić information content (AvgIpc) is 3.26. The number of carbonyl (C=O) groups excluding carboxylic acids is 1. The smallest absolute Gasteiger partial charge is 0.275 e. The van der Waals surface area contributed by atoms with Crippen molar-refractivity contribution in [3.05, 3.63) is 102 Å². The highest BCUT2D eigenvalue weighted by atomic mass is 16.5. The second-order valence-corrected chi connectivity index (χ2v) is 6.51. The predicted molar refractivity (Wildman–Crippen MR) is 117 cm³/mol. The Morgan fingerprint density at radius 3 is 2.30 bits per heavy atom. The summed E-state index contributed by atoms with van der Waals surface area (Å²) in [4.78, 5) is 12.9. The minimum Gasteiger partial charge on any atom is -0.497 e. The number of hydrogen-bond donors (Lipinski definition) is 1. The SMILES string of the molecule is COc1ccc(/C=N/NC(=O)c2cn(-c3ccccc3)nc2-c2ccccc2)cc1. The molecule has 0 fully saturated rings. The molecule has 1 heterocycles. The van der Waals surface area contributed by atoms with Crippen LogP contribution in [0.25, 0.3) is 16.9 Å². The van der Waals surface area contributed by atoms with E-state index in [1.165, 1.54) is 0 Å². The number of ether oxygens (including phenoxy) is 1. The van der Waals surface area contributed by atoms with E-state index in [9.17, 15) is 4.79 Å². The minimum absolute atomic E-state index is 0.333. The van der Waals surface area contributed by atoms with Crippen LogP contribution in [-0.4, -0.2) is 29.0 Å². The lowest BCUT2D eigenvalue weighted by Gasteiger charge is -2.01. The molecular weight excluding hydrogens is 376 g/mol. The number of carbonyl (C=O) groups is 1. The Bertz CT molecular complexity index is 1150.